The number of carbonyl (C=O) groups is 1. The minimum atomic E-state index is -0.514. The molecule has 0 spiro atoms. The average Bonchev–Trinajstić information content (AvgIpc) is 2.33. The van der Waals surface area contributed by atoms with Crippen LogP contribution in [0, 0.1) is 0 Å². The molecule has 1 aromatic rings. The van der Waals surface area contributed by atoms with E-state index in [1.807, 2.05) is 20.8 Å². The van der Waals surface area contributed by atoms with Crippen molar-refractivity contribution in [1.82, 2.24) is 10.3 Å². The van der Waals surface area contributed by atoms with Crippen molar-refractivity contribution in [2.45, 2.75) is 32.9 Å². The lowest BCUT2D eigenvalue weighted by Crippen LogP contribution is -2.32. The second-order valence-electron chi connectivity index (χ2n) is 4.91. The summed E-state index contributed by atoms with van der Waals surface area (Å²) in [6, 6.07) is 1.75. The number of pyridine rings is 1. The van der Waals surface area contributed by atoms with Crippen LogP contribution < -0.4 is 14.8 Å². The molecule has 0 radical (unpaired) electrons. The van der Waals surface area contributed by atoms with Gasteiger partial charge in [-0.15, -0.1) is 0 Å². The quantitative estimate of drug-likeness (QED) is 0.905. The van der Waals surface area contributed by atoms with Crippen LogP contribution in [-0.2, 0) is 11.3 Å². The van der Waals surface area contributed by atoms with Crippen LogP contribution in [0.25, 0.3) is 0 Å². The highest BCUT2D eigenvalue weighted by molar-refractivity contribution is 5.67. The fraction of sp³-hybridized carbons (Fsp3) is 0.538. The second-order valence-corrected chi connectivity index (χ2v) is 4.91. The van der Waals surface area contributed by atoms with Crippen LogP contribution in [0.4, 0.5) is 4.79 Å². The molecule has 19 heavy (non-hydrogen) atoms. The third-order valence-electron chi connectivity index (χ3n) is 2.12. The lowest BCUT2D eigenvalue weighted by atomic mass is 10.2. The maximum Gasteiger partial charge on any atom is 0.407 e. The first-order valence-corrected chi connectivity index (χ1v) is 5.89. The van der Waals surface area contributed by atoms with Crippen LogP contribution in [0.2, 0.25) is 0 Å². The van der Waals surface area contributed by atoms with Crippen molar-refractivity contribution in [2.24, 2.45) is 0 Å². The number of alkyl carbamates (subject to hydrolysis) is 1. The number of aromatic nitrogens is 1. The first-order valence-electron chi connectivity index (χ1n) is 5.89. The van der Waals surface area contributed by atoms with Crippen molar-refractivity contribution in [2.75, 3.05) is 14.2 Å². The van der Waals surface area contributed by atoms with E-state index in [9.17, 15) is 4.79 Å². The maximum atomic E-state index is 11.5. The predicted octanol–water partition coefficient (Wildman–Crippen LogP) is 2.12. The van der Waals surface area contributed by atoms with E-state index in [0.29, 0.717) is 18.2 Å². The highest BCUT2D eigenvalue weighted by Crippen LogP contribution is 2.24. The Morgan fingerprint density at radius 3 is 2.53 bits per heavy atom. The normalized spacial score (nSPS) is 10.8. The smallest absolute Gasteiger partial charge is 0.407 e. The largest absolute Gasteiger partial charge is 0.491 e. The molecule has 0 bridgehead atoms. The van der Waals surface area contributed by atoms with E-state index in [1.54, 1.807) is 12.3 Å². The molecule has 6 nitrogen and oxygen atoms in total. The summed E-state index contributed by atoms with van der Waals surface area (Å²) >= 11 is 0. The third-order valence-corrected chi connectivity index (χ3v) is 2.12. The van der Waals surface area contributed by atoms with Gasteiger partial charge in [-0.2, -0.15) is 0 Å². The molecule has 0 unspecified atom stereocenters. The fourth-order valence-corrected chi connectivity index (χ4v) is 1.36. The number of hydrogen-bond donors (Lipinski definition) is 1. The van der Waals surface area contributed by atoms with Gasteiger partial charge >= 0.3 is 6.09 Å². The monoisotopic (exact) mass is 268 g/mol. The number of nitrogens with zero attached hydrogens (tertiary/aromatic N) is 1. The Kier molecular flexibility index (Phi) is 4.97. The predicted molar refractivity (Wildman–Crippen MR) is 70.4 cm³/mol. The summed E-state index contributed by atoms with van der Waals surface area (Å²) in [6.45, 7) is 5.74. The van der Waals surface area contributed by atoms with Crippen LogP contribution in [0.5, 0.6) is 11.6 Å². The number of amides is 1. The fourth-order valence-electron chi connectivity index (χ4n) is 1.36. The topological polar surface area (TPSA) is 69.7 Å². The summed E-state index contributed by atoms with van der Waals surface area (Å²) in [7, 11) is 3.05. The second kappa shape index (κ2) is 6.26. The number of nitrogens with one attached hydrogen (secondary N) is 1. The van der Waals surface area contributed by atoms with Crippen LogP contribution in [0.15, 0.2) is 12.3 Å². The van der Waals surface area contributed by atoms with Crippen molar-refractivity contribution < 1.29 is 19.0 Å². The molecular weight excluding hydrogens is 248 g/mol. The summed E-state index contributed by atoms with van der Waals surface area (Å²) in [6.07, 6.45) is 1.14. The van der Waals surface area contributed by atoms with Gasteiger partial charge in [0.1, 0.15) is 5.60 Å². The number of carbonyl (C=O) groups excluding carboxylic acids is 1. The molecule has 6 heteroatoms. The Morgan fingerprint density at radius 1 is 1.32 bits per heavy atom. The van der Waals surface area contributed by atoms with Gasteiger partial charge in [-0.3, -0.25) is 0 Å². The van der Waals surface area contributed by atoms with Crippen LogP contribution in [0.1, 0.15) is 26.3 Å². The number of methoxy groups -OCH3 is 2. The van der Waals surface area contributed by atoms with E-state index in [0.717, 1.165) is 5.56 Å². The van der Waals surface area contributed by atoms with E-state index < -0.39 is 11.7 Å². The van der Waals surface area contributed by atoms with Gasteiger partial charge in [-0.05, 0) is 32.4 Å². The van der Waals surface area contributed by atoms with E-state index in [-0.39, 0.29) is 0 Å². The number of ether oxygens (including phenoxy) is 3. The van der Waals surface area contributed by atoms with Crippen molar-refractivity contribution >= 4 is 6.09 Å². The zero-order chi connectivity index (χ0) is 14.5. The van der Waals surface area contributed by atoms with Gasteiger partial charge in [0, 0.05) is 12.7 Å². The molecule has 0 saturated carbocycles. The van der Waals surface area contributed by atoms with Gasteiger partial charge < -0.3 is 19.5 Å². The molecule has 0 fully saturated rings. The first-order chi connectivity index (χ1) is 8.85. The summed E-state index contributed by atoms with van der Waals surface area (Å²) < 4.78 is 15.3. The molecule has 1 N–H and O–H groups in total. The van der Waals surface area contributed by atoms with E-state index >= 15 is 0 Å². The van der Waals surface area contributed by atoms with Crippen molar-refractivity contribution in [1.29, 1.82) is 0 Å². The SMILES string of the molecule is COc1cc(CNC(=O)OC(C)(C)C)cnc1OC. The lowest BCUT2D eigenvalue weighted by Gasteiger charge is -2.19. The summed E-state index contributed by atoms with van der Waals surface area (Å²) in [5.41, 5.74) is 0.281. The molecule has 1 aromatic heterocycles. The van der Waals surface area contributed by atoms with Gasteiger partial charge in [0.25, 0.3) is 5.88 Å². The molecule has 1 amide bonds. The molecule has 0 aliphatic rings. The van der Waals surface area contributed by atoms with E-state index in [2.05, 4.69) is 10.3 Å². The summed E-state index contributed by atoms with van der Waals surface area (Å²) in [5, 5.41) is 2.65. The van der Waals surface area contributed by atoms with Gasteiger partial charge in [0.15, 0.2) is 5.75 Å². The minimum Gasteiger partial charge on any atom is -0.491 e. The maximum absolute atomic E-state index is 11.5. The molecule has 106 valence electrons. The molecule has 0 aliphatic carbocycles. The Balaban J connectivity index is 2.61. The Bertz CT molecular complexity index is 441. The van der Waals surface area contributed by atoms with E-state index in [4.69, 9.17) is 14.2 Å². The zero-order valence-corrected chi connectivity index (χ0v) is 11.9. The molecule has 1 heterocycles. The highest BCUT2D eigenvalue weighted by atomic mass is 16.6. The number of hydrogen-bond acceptors (Lipinski definition) is 5. The Labute approximate surface area is 113 Å². The van der Waals surface area contributed by atoms with Gasteiger partial charge in [0.05, 0.1) is 14.2 Å². The Morgan fingerprint density at radius 2 is 2.00 bits per heavy atom. The molecule has 0 atom stereocenters. The standard InChI is InChI=1S/C13H20N2O4/c1-13(2,3)19-12(16)15-8-9-6-10(17-4)11(18-5)14-7-9/h6-7H,8H2,1-5H3,(H,15,16). The van der Waals surface area contributed by atoms with Crippen molar-refractivity contribution in [3.8, 4) is 11.6 Å². The molecule has 0 saturated heterocycles. The first kappa shape index (κ1) is 15.1. The van der Waals surface area contributed by atoms with Gasteiger partial charge in [-0.25, -0.2) is 9.78 Å². The Hall–Kier alpha value is -1.98. The zero-order valence-electron chi connectivity index (χ0n) is 11.9. The highest BCUT2D eigenvalue weighted by Gasteiger charge is 2.16. The lowest BCUT2D eigenvalue weighted by molar-refractivity contribution is 0.0523. The molecule has 0 aromatic carbocycles. The average molecular weight is 268 g/mol. The van der Waals surface area contributed by atoms with Gasteiger partial charge in [-0.1, -0.05) is 0 Å². The van der Waals surface area contributed by atoms with Crippen molar-refractivity contribution in [3.05, 3.63) is 17.8 Å². The van der Waals surface area contributed by atoms with Crippen LogP contribution in [-0.4, -0.2) is 30.9 Å². The van der Waals surface area contributed by atoms with E-state index in [1.165, 1.54) is 14.2 Å². The van der Waals surface area contributed by atoms with Crippen molar-refractivity contribution in [3.63, 3.8) is 0 Å². The van der Waals surface area contributed by atoms with Gasteiger partial charge in [0.2, 0.25) is 0 Å². The third kappa shape index (κ3) is 5.03. The van der Waals surface area contributed by atoms with Crippen LogP contribution >= 0.6 is 0 Å². The molecule has 0 aliphatic heterocycles. The minimum absolute atomic E-state index is 0.308. The summed E-state index contributed by atoms with van der Waals surface area (Å²) in [4.78, 5) is 15.6. The number of rotatable bonds is 4. The molecular formula is C13H20N2O4. The van der Waals surface area contributed by atoms with Crippen LogP contribution in [0.3, 0.4) is 0 Å². The molecule has 1 rings (SSSR count). The summed E-state index contributed by atoms with van der Waals surface area (Å²) in [5.74, 6) is 0.925.